The van der Waals surface area contributed by atoms with Gasteiger partial charge in [0.1, 0.15) is 5.82 Å². The molecule has 18 heavy (non-hydrogen) atoms. The van der Waals surface area contributed by atoms with Gasteiger partial charge in [0.15, 0.2) is 0 Å². The lowest BCUT2D eigenvalue weighted by Gasteiger charge is -2.11. The zero-order valence-corrected chi connectivity index (χ0v) is 11.6. The monoisotopic (exact) mass is 284 g/mol. The van der Waals surface area contributed by atoms with Gasteiger partial charge in [-0.25, -0.2) is 4.39 Å². The third-order valence-electron chi connectivity index (χ3n) is 2.78. The van der Waals surface area contributed by atoms with Crippen molar-refractivity contribution in [2.24, 2.45) is 0 Å². The van der Waals surface area contributed by atoms with E-state index in [0.29, 0.717) is 12.0 Å². The van der Waals surface area contributed by atoms with Crippen LogP contribution in [0.4, 0.5) is 4.39 Å². The smallest absolute Gasteiger partial charge is 0.124 e. The molecule has 0 saturated carbocycles. The van der Waals surface area contributed by atoms with E-state index in [4.69, 9.17) is 11.6 Å². The summed E-state index contributed by atoms with van der Waals surface area (Å²) in [6.45, 7) is 2.10. The van der Waals surface area contributed by atoms with Crippen LogP contribution in [-0.2, 0) is 12.8 Å². The summed E-state index contributed by atoms with van der Waals surface area (Å²) < 4.78 is 12.9. The van der Waals surface area contributed by atoms with Crippen molar-refractivity contribution in [1.82, 2.24) is 0 Å². The van der Waals surface area contributed by atoms with Gasteiger partial charge in [-0.1, -0.05) is 24.6 Å². The normalized spacial score (nSPS) is 12.7. The minimum Gasteiger partial charge on any atom is -0.388 e. The number of thiophene rings is 1. The molecule has 0 spiro atoms. The van der Waals surface area contributed by atoms with Gasteiger partial charge < -0.3 is 5.11 Å². The molecule has 1 aromatic carbocycles. The summed E-state index contributed by atoms with van der Waals surface area (Å²) in [5.41, 5.74) is 0.574. The second kappa shape index (κ2) is 5.83. The van der Waals surface area contributed by atoms with Crippen molar-refractivity contribution in [2.45, 2.75) is 25.9 Å². The first kappa shape index (κ1) is 13.5. The van der Waals surface area contributed by atoms with Crippen LogP contribution < -0.4 is 0 Å². The number of rotatable bonds is 4. The van der Waals surface area contributed by atoms with E-state index >= 15 is 0 Å². The Morgan fingerprint density at radius 2 is 2.00 bits per heavy atom. The summed E-state index contributed by atoms with van der Waals surface area (Å²) in [5, 5.41) is 10.4. The highest BCUT2D eigenvalue weighted by atomic mass is 35.5. The van der Waals surface area contributed by atoms with E-state index in [2.05, 4.69) is 13.0 Å². The molecule has 0 aliphatic rings. The van der Waals surface area contributed by atoms with Gasteiger partial charge in [-0.15, -0.1) is 11.3 Å². The number of aliphatic hydroxyl groups is 1. The lowest BCUT2D eigenvalue weighted by Crippen LogP contribution is -2.01. The molecule has 1 aromatic heterocycles. The summed E-state index contributed by atoms with van der Waals surface area (Å²) >= 11 is 7.61. The maximum atomic E-state index is 12.9. The third kappa shape index (κ3) is 3.10. The fraction of sp³-hybridized carbons (Fsp3) is 0.286. The Morgan fingerprint density at radius 3 is 2.61 bits per heavy atom. The van der Waals surface area contributed by atoms with Crippen LogP contribution in [0.5, 0.6) is 0 Å². The highest BCUT2D eigenvalue weighted by molar-refractivity contribution is 7.11. The Bertz CT molecular complexity index is 538. The second-order valence-electron chi connectivity index (χ2n) is 4.11. The molecule has 1 unspecified atom stereocenters. The number of aliphatic hydroxyl groups excluding tert-OH is 1. The Labute approximate surface area is 115 Å². The van der Waals surface area contributed by atoms with E-state index in [0.717, 1.165) is 11.3 Å². The molecule has 0 aliphatic carbocycles. The molecule has 0 aliphatic heterocycles. The highest BCUT2D eigenvalue weighted by Crippen LogP contribution is 2.28. The molecule has 1 nitrogen and oxygen atoms in total. The van der Waals surface area contributed by atoms with Crippen molar-refractivity contribution in [3.05, 3.63) is 56.5 Å². The van der Waals surface area contributed by atoms with E-state index in [1.165, 1.54) is 23.1 Å². The van der Waals surface area contributed by atoms with Crippen molar-refractivity contribution in [3.8, 4) is 0 Å². The van der Waals surface area contributed by atoms with Gasteiger partial charge >= 0.3 is 0 Å². The van der Waals surface area contributed by atoms with Crippen LogP contribution in [0.15, 0.2) is 30.3 Å². The van der Waals surface area contributed by atoms with Gasteiger partial charge in [0.05, 0.1) is 6.10 Å². The van der Waals surface area contributed by atoms with Gasteiger partial charge in [-0.2, -0.15) is 0 Å². The van der Waals surface area contributed by atoms with Crippen LogP contribution in [-0.4, -0.2) is 5.11 Å². The molecule has 0 saturated heterocycles. The summed E-state index contributed by atoms with van der Waals surface area (Å²) in [4.78, 5) is 2.40. The largest absolute Gasteiger partial charge is 0.388 e. The molecule has 1 atom stereocenters. The zero-order valence-electron chi connectivity index (χ0n) is 9.99. The SMILES string of the molecule is CCc1ccc(CC(O)c2ccc(F)cc2Cl)s1. The third-order valence-corrected chi connectivity index (χ3v) is 4.36. The maximum Gasteiger partial charge on any atom is 0.124 e. The minimum atomic E-state index is -0.693. The van der Waals surface area contributed by atoms with Gasteiger partial charge in [0.2, 0.25) is 0 Å². The summed E-state index contributed by atoms with van der Waals surface area (Å²) in [6, 6.07) is 8.17. The Hall–Kier alpha value is -0.900. The van der Waals surface area contributed by atoms with E-state index in [-0.39, 0.29) is 10.8 Å². The molecular weight excluding hydrogens is 271 g/mol. The number of hydrogen-bond donors (Lipinski definition) is 1. The molecule has 2 aromatic rings. The van der Waals surface area contributed by atoms with Gasteiger partial charge in [-0.05, 0) is 36.2 Å². The number of benzene rings is 1. The topological polar surface area (TPSA) is 20.2 Å². The number of hydrogen-bond acceptors (Lipinski definition) is 2. The molecule has 96 valence electrons. The fourth-order valence-electron chi connectivity index (χ4n) is 1.79. The average Bonchev–Trinajstić information content (AvgIpc) is 2.76. The fourth-order valence-corrected chi connectivity index (χ4v) is 3.08. The lowest BCUT2D eigenvalue weighted by molar-refractivity contribution is 0.179. The summed E-state index contributed by atoms with van der Waals surface area (Å²) in [6.07, 6.45) is 0.815. The van der Waals surface area contributed by atoms with Gasteiger partial charge in [0.25, 0.3) is 0 Å². The molecule has 0 radical (unpaired) electrons. The lowest BCUT2D eigenvalue weighted by atomic mass is 10.1. The number of aryl methyl sites for hydroxylation is 1. The second-order valence-corrected chi connectivity index (χ2v) is 5.77. The molecular formula is C14H14ClFOS. The first-order valence-corrected chi connectivity index (χ1v) is 7.00. The standard InChI is InChI=1S/C14H14ClFOS/c1-2-10-4-5-11(18-10)8-14(17)12-6-3-9(16)7-13(12)15/h3-7,14,17H,2,8H2,1H3. The molecule has 0 fully saturated rings. The van der Waals surface area contributed by atoms with E-state index in [9.17, 15) is 9.50 Å². The van der Waals surface area contributed by atoms with Crippen molar-refractivity contribution in [2.75, 3.05) is 0 Å². The van der Waals surface area contributed by atoms with E-state index in [1.54, 1.807) is 11.3 Å². The highest BCUT2D eigenvalue weighted by Gasteiger charge is 2.14. The van der Waals surface area contributed by atoms with Crippen molar-refractivity contribution < 1.29 is 9.50 Å². The first-order valence-electron chi connectivity index (χ1n) is 5.80. The van der Waals surface area contributed by atoms with Crippen LogP contribution in [0.3, 0.4) is 0 Å². The predicted octanol–water partition coefficient (Wildman–Crippen LogP) is 4.38. The van der Waals surface area contributed by atoms with Crippen LogP contribution in [0.25, 0.3) is 0 Å². The molecule has 2 rings (SSSR count). The van der Waals surface area contributed by atoms with Crippen LogP contribution in [0.2, 0.25) is 5.02 Å². The predicted molar refractivity (Wildman–Crippen MR) is 73.8 cm³/mol. The molecule has 0 bridgehead atoms. The summed E-state index contributed by atoms with van der Waals surface area (Å²) in [7, 11) is 0. The first-order chi connectivity index (χ1) is 8.60. The van der Waals surface area contributed by atoms with Crippen molar-refractivity contribution >= 4 is 22.9 Å². The average molecular weight is 285 g/mol. The van der Waals surface area contributed by atoms with Gasteiger partial charge in [-0.3, -0.25) is 0 Å². The van der Waals surface area contributed by atoms with Crippen molar-refractivity contribution in [1.29, 1.82) is 0 Å². The number of halogens is 2. The Balaban J connectivity index is 2.13. The minimum absolute atomic E-state index is 0.273. The molecule has 4 heteroatoms. The molecule has 1 N–H and O–H groups in total. The quantitative estimate of drug-likeness (QED) is 0.883. The zero-order chi connectivity index (χ0) is 13.1. The maximum absolute atomic E-state index is 12.9. The molecule has 1 heterocycles. The van der Waals surface area contributed by atoms with Crippen LogP contribution in [0, 0.1) is 5.82 Å². The Morgan fingerprint density at radius 1 is 1.28 bits per heavy atom. The van der Waals surface area contributed by atoms with E-state index in [1.807, 2.05) is 6.07 Å². The van der Waals surface area contributed by atoms with Crippen LogP contribution in [0.1, 0.15) is 28.3 Å². The summed E-state index contributed by atoms with van der Waals surface area (Å²) in [5.74, 6) is -0.389. The Kier molecular flexibility index (Phi) is 4.38. The van der Waals surface area contributed by atoms with Gasteiger partial charge in [0, 0.05) is 21.2 Å². The van der Waals surface area contributed by atoms with Crippen LogP contribution >= 0.6 is 22.9 Å². The van der Waals surface area contributed by atoms with Crippen molar-refractivity contribution in [3.63, 3.8) is 0 Å². The van der Waals surface area contributed by atoms with E-state index < -0.39 is 6.10 Å². The molecule has 0 amide bonds.